The second-order valence-corrected chi connectivity index (χ2v) is 12.8. The van der Waals surface area contributed by atoms with Crippen LogP contribution >= 0.6 is 11.6 Å². The highest BCUT2D eigenvalue weighted by atomic mass is 35.5. The largest absolute Gasteiger partial charge is 0.573 e. The molecule has 0 fully saturated rings. The van der Waals surface area contributed by atoms with Crippen molar-refractivity contribution in [3.05, 3.63) is 130 Å². The van der Waals surface area contributed by atoms with Crippen LogP contribution < -0.4 is 4.74 Å². The summed E-state index contributed by atoms with van der Waals surface area (Å²) in [6, 6.07) is 18.1. The predicted molar refractivity (Wildman–Crippen MR) is 162 cm³/mol. The molecule has 0 bridgehead atoms. The van der Waals surface area contributed by atoms with E-state index in [0.717, 1.165) is 34.3 Å². The van der Waals surface area contributed by atoms with Gasteiger partial charge in [-0.2, -0.15) is 0 Å². The van der Waals surface area contributed by atoms with Gasteiger partial charge >= 0.3 is 12.3 Å². The number of hydrogen-bond acceptors (Lipinski definition) is 4. The van der Waals surface area contributed by atoms with Crippen LogP contribution in [-0.2, 0) is 10.0 Å². The third-order valence-electron chi connectivity index (χ3n) is 7.58. The van der Waals surface area contributed by atoms with Gasteiger partial charge in [-0.3, -0.25) is 0 Å². The molecule has 2 atom stereocenters. The Balaban J connectivity index is 1.81. The van der Waals surface area contributed by atoms with E-state index in [2.05, 4.69) is 4.74 Å². The van der Waals surface area contributed by atoms with Gasteiger partial charge in [-0.1, -0.05) is 61.3 Å². The Morgan fingerprint density at radius 3 is 2.17 bits per heavy atom. The highest BCUT2D eigenvalue weighted by Crippen LogP contribution is 2.46. The van der Waals surface area contributed by atoms with Crippen LogP contribution in [-0.4, -0.2) is 29.8 Å². The maximum absolute atomic E-state index is 15.7. The van der Waals surface area contributed by atoms with E-state index in [-0.39, 0.29) is 26.4 Å². The number of halogens is 6. The van der Waals surface area contributed by atoms with Crippen molar-refractivity contribution in [2.24, 2.45) is 0 Å². The number of carboxylic acids is 1. The van der Waals surface area contributed by atoms with Crippen LogP contribution in [0.2, 0.25) is 5.02 Å². The molecule has 0 aliphatic heterocycles. The minimum Gasteiger partial charge on any atom is -0.478 e. The lowest BCUT2D eigenvalue weighted by Crippen LogP contribution is -2.17. The number of nitrogens with zero attached hydrogens (tertiary/aromatic N) is 1. The average Bonchev–Trinajstić information content (AvgIpc) is 3.37. The number of benzene rings is 4. The lowest BCUT2D eigenvalue weighted by Gasteiger charge is -2.29. The summed E-state index contributed by atoms with van der Waals surface area (Å²) in [5.74, 6) is -5.55. The first kappa shape index (κ1) is 33.0. The van der Waals surface area contributed by atoms with E-state index in [1.54, 1.807) is 6.07 Å². The van der Waals surface area contributed by atoms with Gasteiger partial charge in [0.1, 0.15) is 22.9 Å². The van der Waals surface area contributed by atoms with Crippen molar-refractivity contribution in [2.45, 2.75) is 42.9 Å². The van der Waals surface area contributed by atoms with Crippen LogP contribution in [0.25, 0.3) is 10.9 Å². The molecule has 5 aromatic rings. The summed E-state index contributed by atoms with van der Waals surface area (Å²) in [4.78, 5) is 11.4. The van der Waals surface area contributed by atoms with E-state index in [9.17, 15) is 31.5 Å². The molecule has 1 N–H and O–H groups in total. The van der Waals surface area contributed by atoms with Gasteiger partial charge < -0.3 is 9.84 Å². The van der Waals surface area contributed by atoms with Gasteiger partial charge in [0.15, 0.2) is 0 Å². The van der Waals surface area contributed by atoms with Gasteiger partial charge in [0, 0.05) is 22.5 Å². The molecule has 5 rings (SSSR count). The Labute approximate surface area is 265 Å². The van der Waals surface area contributed by atoms with E-state index in [1.807, 2.05) is 6.92 Å². The zero-order valence-corrected chi connectivity index (χ0v) is 25.5. The maximum Gasteiger partial charge on any atom is 0.573 e. The summed E-state index contributed by atoms with van der Waals surface area (Å²) in [5, 5.41) is 9.44. The van der Waals surface area contributed by atoms with Crippen molar-refractivity contribution < 1.29 is 45.0 Å². The zero-order valence-electron chi connectivity index (χ0n) is 23.9. The molecule has 1 aromatic heterocycles. The number of carbonyl (C=O) groups is 1. The summed E-state index contributed by atoms with van der Waals surface area (Å²) in [6.45, 7) is 1.84. The number of fused-ring (bicyclic) bond motifs is 1. The standard InChI is InChI=1S/C33H25ClF5NO5S/c1-2-6-24(20-11-14-25(32(41)42)28(35)15-20)30(19-9-12-22(13-10-19)45-33(37,38)39)27-18-40(31-26(27)16-21(34)17-29(31)36)46(43,44)23-7-4-3-5-8-23/h3-5,7-18,24,30H,2,6H2,1H3,(H,41,42). The normalized spacial score (nSPS) is 13.5. The fraction of sp³-hybridized carbons (Fsp3) is 0.182. The number of ether oxygens (including phenoxy) is 1. The fourth-order valence-electron chi connectivity index (χ4n) is 5.69. The smallest absolute Gasteiger partial charge is 0.478 e. The highest BCUT2D eigenvalue weighted by molar-refractivity contribution is 7.90. The van der Waals surface area contributed by atoms with Crippen LogP contribution in [0.3, 0.4) is 0 Å². The van der Waals surface area contributed by atoms with Gasteiger partial charge in [0.05, 0.1) is 10.5 Å². The topological polar surface area (TPSA) is 85.6 Å². The molecule has 0 aliphatic carbocycles. The molecule has 0 spiro atoms. The predicted octanol–water partition coefficient (Wildman–Crippen LogP) is 9.12. The van der Waals surface area contributed by atoms with E-state index < -0.39 is 57.1 Å². The molecule has 1 heterocycles. The number of alkyl halides is 3. The first-order chi connectivity index (χ1) is 21.7. The highest BCUT2D eigenvalue weighted by Gasteiger charge is 2.34. The van der Waals surface area contributed by atoms with Crippen LogP contribution in [0, 0.1) is 11.6 Å². The number of aromatic carboxylic acids is 1. The molecular formula is C33H25ClF5NO5S. The molecule has 13 heteroatoms. The zero-order chi connectivity index (χ0) is 33.4. The monoisotopic (exact) mass is 677 g/mol. The molecule has 46 heavy (non-hydrogen) atoms. The Bertz CT molecular complexity index is 2010. The summed E-state index contributed by atoms with van der Waals surface area (Å²) in [6.07, 6.45) is -2.88. The quantitative estimate of drug-likeness (QED) is 0.149. The fourth-order valence-corrected chi connectivity index (χ4v) is 7.30. The van der Waals surface area contributed by atoms with Crippen LogP contribution in [0.4, 0.5) is 22.0 Å². The van der Waals surface area contributed by atoms with Gasteiger partial charge in [0.25, 0.3) is 10.0 Å². The van der Waals surface area contributed by atoms with E-state index in [0.29, 0.717) is 24.0 Å². The molecule has 6 nitrogen and oxygen atoms in total. The lowest BCUT2D eigenvalue weighted by molar-refractivity contribution is -0.274. The summed E-state index contributed by atoms with van der Waals surface area (Å²) >= 11 is 6.27. The molecule has 0 saturated heterocycles. The van der Waals surface area contributed by atoms with E-state index in [1.165, 1.54) is 54.7 Å². The first-order valence-electron chi connectivity index (χ1n) is 13.9. The maximum atomic E-state index is 15.7. The lowest BCUT2D eigenvalue weighted by atomic mass is 9.75. The summed E-state index contributed by atoms with van der Waals surface area (Å²) in [5.41, 5.74) is 0.0598. The second kappa shape index (κ2) is 12.8. The van der Waals surface area contributed by atoms with Crippen molar-refractivity contribution in [2.75, 3.05) is 0 Å². The van der Waals surface area contributed by atoms with E-state index >= 15 is 8.78 Å². The van der Waals surface area contributed by atoms with Crippen molar-refractivity contribution >= 4 is 38.5 Å². The third kappa shape index (κ3) is 6.59. The van der Waals surface area contributed by atoms with E-state index in [4.69, 9.17) is 11.6 Å². The van der Waals surface area contributed by atoms with Crippen molar-refractivity contribution in [3.63, 3.8) is 0 Å². The molecule has 2 unspecified atom stereocenters. The Morgan fingerprint density at radius 1 is 0.935 bits per heavy atom. The van der Waals surface area contributed by atoms with Crippen molar-refractivity contribution in [1.82, 2.24) is 3.97 Å². The molecule has 240 valence electrons. The molecule has 0 radical (unpaired) electrons. The summed E-state index contributed by atoms with van der Waals surface area (Å²) in [7, 11) is -4.38. The van der Waals surface area contributed by atoms with Crippen LogP contribution in [0.5, 0.6) is 5.75 Å². The Morgan fingerprint density at radius 2 is 1.59 bits per heavy atom. The number of aromatic nitrogens is 1. The Hall–Kier alpha value is -4.42. The van der Waals surface area contributed by atoms with Gasteiger partial charge in [-0.05, 0) is 77.6 Å². The number of hydrogen-bond donors (Lipinski definition) is 1. The third-order valence-corrected chi connectivity index (χ3v) is 9.47. The van der Waals surface area contributed by atoms with Crippen molar-refractivity contribution in [3.8, 4) is 5.75 Å². The summed E-state index contributed by atoms with van der Waals surface area (Å²) < 4.78 is 102. The number of carboxylic acid groups (broad SMARTS) is 1. The Kier molecular flexibility index (Phi) is 9.14. The van der Waals surface area contributed by atoms with Crippen LogP contribution in [0.15, 0.2) is 96.0 Å². The second-order valence-electron chi connectivity index (χ2n) is 10.5. The SMILES string of the molecule is CCCC(c1ccc(C(=O)O)c(F)c1)C(c1ccc(OC(F)(F)F)cc1)c1cn(S(=O)(=O)c2ccccc2)c2c(F)cc(Cl)cc12. The molecule has 0 aliphatic rings. The molecule has 4 aromatic carbocycles. The minimum atomic E-state index is -4.96. The first-order valence-corrected chi connectivity index (χ1v) is 15.7. The average molecular weight is 678 g/mol. The molecule has 0 saturated carbocycles. The van der Waals surface area contributed by atoms with Crippen molar-refractivity contribution in [1.29, 1.82) is 0 Å². The minimum absolute atomic E-state index is 0.0438. The molecule has 0 amide bonds. The van der Waals surface area contributed by atoms with Gasteiger partial charge in [-0.25, -0.2) is 26.0 Å². The number of rotatable bonds is 10. The van der Waals surface area contributed by atoms with Crippen LogP contribution in [0.1, 0.15) is 58.6 Å². The van der Waals surface area contributed by atoms with Gasteiger partial charge in [-0.15, -0.1) is 13.2 Å². The molecular weight excluding hydrogens is 653 g/mol. The van der Waals surface area contributed by atoms with Gasteiger partial charge in [0.2, 0.25) is 0 Å².